The molecule has 11 heteroatoms. The molecule has 0 spiro atoms. The van der Waals surface area contributed by atoms with E-state index in [1.54, 1.807) is 0 Å². The van der Waals surface area contributed by atoms with Crippen LogP contribution in [0, 0.1) is 0 Å². The van der Waals surface area contributed by atoms with E-state index in [-0.39, 0.29) is 6.07 Å². The van der Waals surface area contributed by atoms with Crippen molar-refractivity contribution < 1.29 is 41.0 Å². The summed E-state index contributed by atoms with van der Waals surface area (Å²) in [5, 5.41) is 8.85. The molecule has 1 atom stereocenters. The molecule has 1 N–H and O–H groups in total. The highest BCUT2D eigenvalue weighted by molar-refractivity contribution is 7.89. The second kappa shape index (κ2) is 6.77. The summed E-state index contributed by atoms with van der Waals surface area (Å²) in [6.07, 6.45) is -5.01. The molecule has 24 heavy (non-hydrogen) atoms. The summed E-state index contributed by atoms with van der Waals surface area (Å²) in [6, 6.07) is 0.222. The second-order valence-corrected chi connectivity index (χ2v) is 6.73. The average molecular weight is 369 g/mol. The summed E-state index contributed by atoms with van der Waals surface area (Å²) in [6.45, 7) is 1.06. The molecular weight excluding hydrogens is 355 g/mol. The molecule has 0 fully saturated rings. The number of rotatable bonds is 5. The predicted molar refractivity (Wildman–Crippen MR) is 74.8 cm³/mol. The van der Waals surface area contributed by atoms with Crippen molar-refractivity contribution in [3.05, 3.63) is 29.3 Å². The number of carbonyl (C=O) groups is 2. The Morgan fingerprint density at radius 3 is 2.25 bits per heavy atom. The number of halogens is 3. The maximum Gasteiger partial charge on any atom is 0.417 e. The lowest BCUT2D eigenvalue weighted by Gasteiger charge is -2.22. The number of hydrogen-bond donors (Lipinski definition) is 1. The van der Waals surface area contributed by atoms with Crippen molar-refractivity contribution in [1.29, 1.82) is 0 Å². The predicted octanol–water partition coefficient (Wildman–Crippen LogP) is 1.59. The lowest BCUT2D eigenvalue weighted by molar-refractivity contribution is -0.140. The van der Waals surface area contributed by atoms with Crippen molar-refractivity contribution in [3.63, 3.8) is 0 Å². The summed E-state index contributed by atoms with van der Waals surface area (Å²) >= 11 is 0. The molecule has 0 aliphatic carbocycles. The standard InChI is InChI=1S/C13H14F3NO6S/c1-7(11(18)19)17(2)24(21,22)8-4-5-9(12(20)23-3)10(6-8)13(14,15)16/h4-7H,1-3H3,(H,18,19). The SMILES string of the molecule is COC(=O)c1ccc(S(=O)(=O)N(C)C(C)C(=O)O)cc1C(F)(F)F. The Balaban J connectivity index is 3.52. The first-order chi connectivity index (χ1) is 10.8. The number of carboxylic acids is 1. The van der Waals surface area contributed by atoms with Gasteiger partial charge in [-0.1, -0.05) is 0 Å². The maximum atomic E-state index is 13.1. The van der Waals surface area contributed by atoms with Gasteiger partial charge in [0.05, 0.1) is 23.1 Å². The first kappa shape index (κ1) is 19.9. The molecule has 0 aliphatic rings. The molecule has 0 amide bonds. The number of benzene rings is 1. The summed E-state index contributed by atoms with van der Waals surface area (Å²) in [5.41, 5.74) is -2.34. The minimum atomic E-state index is -5.01. The van der Waals surface area contributed by atoms with Crippen LogP contribution in [0.15, 0.2) is 23.1 Å². The summed E-state index contributed by atoms with van der Waals surface area (Å²) in [7, 11) is -2.70. The molecule has 1 unspecified atom stereocenters. The fraction of sp³-hybridized carbons (Fsp3) is 0.385. The molecule has 134 valence electrons. The molecule has 7 nitrogen and oxygen atoms in total. The van der Waals surface area contributed by atoms with Gasteiger partial charge < -0.3 is 9.84 Å². The minimum absolute atomic E-state index is 0.270. The van der Waals surface area contributed by atoms with E-state index in [0.717, 1.165) is 27.1 Å². The van der Waals surface area contributed by atoms with Crippen molar-refractivity contribution in [2.24, 2.45) is 0 Å². The van der Waals surface area contributed by atoms with Gasteiger partial charge in [-0.15, -0.1) is 0 Å². The quantitative estimate of drug-likeness (QED) is 0.791. The normalized spacial score (nSPS) is 13.6. The van der Waals surface area contributed by atoms with Crippen molar-refractivity contribution in [2.75, 3.05) is 14.2 Å². The number of ether oxygens (including phenoxy) is 1. The van der Waals surface area contributed by atoms with Gasteiger partial charge in [0.1, 0.15) is 6.04 Å². The smallest absolute Gasteiger partial charge is 0.417 e. The van der Waals surface area contributed by atoms with Crippen LogP contribution in [0.2, 0.25) is 0 Å². The van der Waals surface area contributed by atoms with Crippen molar-refractivity contribution in [1.82, 2.24) is 4.31 Å². The summed E-state index contributed by atoms with van der Waals surface area (Å²) in [4.78, 5) is 21.5. The van der Waals surface area contributed by atoms with E-state index in [0.29, 0.717) is 10.4 Å². The lowest BCUT2D eigenvalue weighted by Crippen LogP contribution is -2.40. The number of sulfonamides is 1. The molecule has 0 bridgehead atoms. The van der Waals surface area contributed by atoms with Gasteiger partial charge in [-0.2, -0.15) is 17.5 Å². The highest BCUT2D eigenvalue weighted by atomic mass is 32.2. The number of carbonyl (C=O) groups excluding carboxylic acids is 1. The molecule has 0 aliphatic heterocycles. The van der Waals surface area contributed by atoms with Gasteiger partial charge >= 0.3 is 18.1 Å². The van der Waals surface area contributed by atoms with Crippen molar-refractivity contribution in [2.45, 2.75) is 24.0 Å². The van der Waals surface area contributed by atoms with E-state index in [9.17, 15) is 31.2 Å². The molecule has 1 rings (SSSR count). The van der Waals surface area contributed by atoms with Crippen LogP contribution in [0.25, 0.3) is 0 Å². The van der Waals surface area contributed by atoms with E-state index < -0.39 is 50.2 Å². The maximum absolute atomic E-state index is 13.1. The monoisotopic (exact) mass is 369 g/mol. The topological polar surface area (TPSA) is 101 Å². The molecule has 0 saturated carbocycles. The van der Waals surface area contributed by atoms with Gasteiger partial charge in [-0.05, 0) is 25.1 Å². The minimum Gasteiger partial charge on any atom is -0.480 e. The summed E-state index contributed by atoms with van der Waals surface area (Å²) < 4.78 is 68.5. The van der Waals surface area contributed by atoms with E-state index in [1.165, 1.54) is 0 Å². The highest BCUT2D eigenvalue weighted by Crippen LogP contribution is 2.34. The van der Waals surface area contributed by atoms with Gasteiger partial charge in [0.2, 0.25) is 10.0 Å². The zero-order valence-corrected chi connectivity index (χ0v) is 13.6. The number of alkyl halides is 3. The third kappa shape index (κ3) is 3.85. The zero-order chi connectivity index (χ0) is 18.9. The fourth-order valence-electron chi connectivity index (χ4n) is 1.74. The van der Waals surface area contributed by atoms with E-state index in [2.05, 4.69) is 4.74 Å². The van der Waals surface area contributed by atoms with E-state index >= 15 is 0 Å². The Kier molecular flexibility index (Phi) is 5.62. The van der Waals surface area contributed by atoms with Gasteiger partial charge in [0.15, 0.2) is 0 Å². The first-order valence-corrected chi connectivity index (χ1v) is 7.78. The van der Waals surface area contributed by atoms with Crippen LogP contribution in [-0.4, -0.2) is 50.0 Å². The first-order valence-electron chi connectivity index (χ1n) is 6.34. The Bertz CT molecular complexity index is 759. The molecule has 0 saturated heterocycles. The Hall–Kier alpha value is -2.14. The van der Waals surface area contributed by atoms with E-state index in [4.69, 9.17) is 5.11 Å². The van der Waals surface area contributed by atoms with Crippen LogP contribution in [0.5, 0.6) is 0 Å². The molecule has 0 heterocycles. The van der Waals surface area contributed by atoms with Crippen LogP contribution in [-0.2, 0) is 25.7 Å². The van der Waals surface area contributed by atoms with Gasteiger partial charge in [0, 0.05) is 7.05 Å². The summed E-state index contributed by atoms with van der Waals surface area (Å²) in [5.74, 6) is -2.75. The van der Waals surface area contributed by atoms with Crippen LogP contribution >= 0.6 is 0 Å². The average Bonchev–Trinajstić information content (AvgIpc) is 2.50. The van der Waals surface area contributed by atoms with Crippen LogP contribution in [0.1, 0.15) is 22.8 Å². The number of esters is 1. The van der Waals surface area contributed by atoms with Gasteiger partial charge in [0.25, 0.3) is 0 Å². The molecule has 0 radical (unpaired) electrons. The molecule has 1 aromatic carbocycles. The highest BCUT2D eigenvalue weighted by Gasteiger charge is 2.38. The Morgan fingerprint density at radius 1 is 1.29 bits per heavy atom. The zero-order valence-electron chi connectivity index (χ0n) is 12.8. The molecule has 1 aromatic rings. The van der Waals surface area contributed by atoms with Crippen LogP contribution in [0.4, 0.5) is 13.2 Å². The molecular formula is C13H14F3NO6S. The number of hydrogen-bond acceptors (Lipinski definition) is 5. The Morgan fingerprint density at radius 2 is 1.83 bits per heavy atom. The van der Waals surface area contributed by atoms with Crippen LogP contribution in [0.3, 0.4) is 0 Å². The van der Waals surface area contributed by atoms with Crippen molar-refractivity contribution >= 4 is 22.0 Å². The van der Waals surface area contributed by atoms with Crippen molar-refractivity contribution in [3.8, 4) is 0 Å². The third-order valence-corrected chi connectivity index (χ3v) is 5.21. The number of aliphatic carboxylic acids is 1. The molecule has 0 aromatic heterocycles. The lowest BCUT2D eigenvalue weighted by atomic mass is 10.1. The second-order valence-electron chi connectivity index (χ2n) is 4.73. The number of methoxy groups -OCH3 is 1. The van der Waals surface area contributed by atoms with Crippen LogP contribution < -0.4 is 0 Å². The van der Waals surface area contributed by atoms with Gasteiger partial charge in [-0.25, -0.2) is 13.2 Å². The van der Waals surface area contributed by atoms with Gasteiger partial charge in [-0.3, -0.25) is 4.79 Å². The largest absolute Gasteiger partial charge is 0.480 e. The van der Waals surface area contributed by atoms with E-state index in [1.807, 2.05) is 0 Å². The number of nitrogens with zero attached hydrogens (tertiary/aromatic N) is 1. The number of likely N-dealkylation sites (N-methyl/N-ethyl adjacent to an activating group) is 1. The third-order valence-electron chi connectivity index (χ3n) is 3.28. The Labute approximate surface area is 135 Å². The number of carboxylic acid groups (broad SMARTS) is 1. The fourth-order valence-corrected chi connectivity index (χ4v) is 3.08.